The van der Waals surface area contributed by atoms with Crippen molar-refractivity contribution in [1.29, 1.82) is 0 Å². The Bertz CT molecular complexity index is 1260. The van der Waals surface area contributed by atoms with Gasteiger partial charge in [0, 0.05) is 24.5 Å². The molecule has 0 saturated carbocycles. The number of hydrogen-bond donors (Lipinski definition) is 1. The predicted molar refractivity (Wildman–Crippen MR) is 117 cm³/mol. The van der Waals surface area contributed by atoms with Gasteiger partial charge in [0.1, 0.15) is 6.54 Å². The van der Waals surface area contributed by atoms with Crippen molar-refractivity contribution in [2.75, 3.05) is 23.4 Å². The second-order valence-corrected chi connectivity index (χ2v) is 7.05. The van der Waals surface area contributed by atoms with E-state index in [1.807, 2.05) is 35.2 Å². The lowest BCUT2D eigenvalue weighted by Crippen LogP contribution is -2.44. The number of fused-ring (bicyclic) bond motifs is 1. The molecule has 0 unspecified atom stereocenters. The highest BCUT2D eigenvalue weighted by molar-refractivity contribution is 5.93. The lowest BCUT2D eigenvalue weighted by Gasteiger charge is -2.17. The van der Waals surface area contributed by atoms with E-state index in [9.17, 15) is 19.2 Å². The van der Waals surface area contributed by atoms with Gasteiger partial charge in [0.2, 0.25) is 11.9 Å². The average Bonchev–Trinajstić information content (AvgIpc) is 3.22. The van der Waals surface area contributed by atoms with Gasteiger partial charge in [-0.3, -0.25) is 19.0 Å². The number of nitrogens with one attached hydrogen (secondary N) is 1. The van der Waals surface area contributed by atoms with E-state index in [4.69, 9.17) is 4.74 Å². The van der Waals surface area contributed by atoms with Crippen LogP contribution >= 0.6 is 0 Å². The third-order valence-corrected chi connectivity index (χ3v) is 4.94. The van der Waals surface area contributed by atoms with Gasteiger partial charge in [0.25, 0.3) is 0 Å². The molecule has 4 rings (SSSR count). The molecule has 0 aliphatic carbocycles. The molecule has 1 N–H and O–H groups in total. The fourth-order valence-electron chi connectivity index (χ4n) is 3.43. The molecule has 0 radical (unpaired) electrons. The van der Waals surface area contributed by atoms with Crippen LogP contribution in [0.3, 0.4) is 0 Å². The zero-order valence-electron chi connectivity index (χ0n) is 17.4. The Morgan fingerprint density at radius 2 is 1.72 bits per heavy atom. The summed E-state index contributed by atoms with van der Waals surface area (Å²) in [7, 11) is 0. The van der Waals surface area contributed by atoms with Crippen molar-refractivity contribution < 1.29 is 14.3 Å². The standard InChI is InChI=1S/C22H21N5O5/c1-2-32-21(31)15-8-10-16(11-9-15)23-18(28)14-27-20(30)19(29)26-13-12-25(22(26)24-27)17-6-4-3-5-7-17/h3-11H,2,12-14H2,1H3,(H,23,28). The van der Waals surface area contributed by atoms with E-state index in [1.54, 1.807) is 19.1 Å². The molecule has 2 aromatic carbocycles. The first-order valence-electron chi connectivity index (χ1n) is 10.1. The predicted octanol–water partition coefficient (Wildman–Crippen LogP) is 1.37. The Balaban J connectivity index is 1.53. The molecule has 0 saturated heterocycles. The molecule has 10 nitrogen and oxygen atoms in total. The van der Waals surface area contributed by atoms with Crippen LogP contribution in [0.25, 0.3) is 0 Å². The molecule has 10 heteroatoms. The second kappa shape index (κ2) is 8.88. The zero-order chi connectivity index (χ0) is 22.7. The summed E-state index contributed by atoms with van der Waals surface area (Å²) in [6.07, 6.45) is 0. The van der Waals surface area contributed by atoms with Crippen LogP contribution in [-0.4, -0.2) is 39.4 Å². The van der Waals surface area contributed by atoms with Gasteiger partial charge in [-0.25, -0.2) is 9.48 Å². The number of benzene rings is 2. The van der Waals surface area contributed by atoms with Crippen molar-refractivity contribution >= 4 is 29.2 Å². The fraction of sp³-hybridized carbons (Fsp3) is 0.227. The average molecular weight is 435 g/mol. The number of anilines is 3. The van der Waals surface area contributed by atoms with E-state index in [1.165, 1.54) is 16.7 Å². The first-order valence-corrected chi connectivity index (χ1v) is 10.1. The number of carbonyl (C=O) groups excluding carboxylic acids is 2. The van der Waals surface area contributed by atoms with Gasteiger partial charge in [0.05, 0.1) is 12.2 Å². The van der Waals surface area contributed by atoms with E-state index < -0.39 is 29.5 Å². The summed E-state index contributed by atoms with van der Waals surface area (Å²) in [5.74, 6) is -0.674. The minimum absolute atomic E-state index is 0.265. The highest BCUT2D eigenvalue weighted by Crippen LogP contribution is 2.25. The maximum atomic E-state index is 12.5. The van der Waals surface area contributed by atoms with E-state index in [-0.39, 0.29) is 6.61 Å². The van der Waals surface area contributed by atoms with Crippen LogP contribution in [0.1, 0.15) is 17.3 Å². The number of aromatic nitrogens is 3. The number of esters is 1. The molecule has 1 amide bonds. The largest absolute Gasteiger partial charge is 0.462 e. The van der Waals surface area contributed by atoms with Gasteiger partial charge in [-0.15, -0.1) is 5.10 Å². The quantitative estimate of drug-likeness (QED) is 0.459. The van der Waals surface area contributed by atoms with Crippen LogP contribution in [0, 0.1) is 0 Å². The fourth-order valence-corrected chi connectivity index (χ4v) is 3.43. The molecule has 1 aliphatic rings. The topological polar surface area (TPSA) is 116 Å². The van der Waals surface area contributed by atoms with E-state index >= 15 is 0 Å². The molecule has 0 atom stereocenters. The molecule has 2 heterocycles. The summed E-state index contributed by atoms with van der Waals surface area (Å²) in [4.78, 5) is 51.0. The summed E-state index contributed by atoms with van der Waals surface area (Å²) in [5, 5.41) is 6.91. The number of rotatable bonds is 6. The first-order chi connectivity index (χ1) is 15.5. The highest BCUT2D eigenvalue weighted by atomic mass is 16.5. The van der Waals surface area contributed by atoms with Crippen molar-refractivity contribution in [2.45, 2.75) is 20.0 Å². The monoisotopic (exact) mass is 435 g/mol. The van der Waals surface area contributed by atoms with Crippen molar-refractivity contribution in [3.8, 4) is 0 Å². The van der Waals surface area contributed by atoms with E-state index in [0.29, 0.717) is 30.3 Å². The van der Waals surface area contributed by atoms with Crippen LogP contribution < -0.4 is 21.3 Å². The molecular weight excluding hydrogens is 414 g/mol. The number of carbonyl (C=O) groups is 2. The zero-order valence-corrected chi connectivity index (χ0v) is 17.4. The van der Waals surface area contributed by atoms with Gasteiger partial charge < -0.3 is 15.0 Å². The van der Waals surface area contributed by atoms with Crippen LogP contribution in [-0.2, 0) is 22.6 Å². The van der Waals surface area contributed by atoms with Crippen LogP contribution in [0.4, 0.5) is 17.3 Å². The Kier molecular flexibility index (Phi) is 5.84. The normalized spacial score (nSPS) is 12.3. The van der Waals surface area contributed by atoms with Crippen molar-refractivity contribution in [3.05, 3.63) is 80.9 Å². The molecule has 0 fully saturated rings. The van der Waals surface area contributed by atoms with Gasteiger partial charge in [0.15, 0.2) is 0 Å². The van der Waals surface area contributed by atoms with Gasteiger partial charge in [-0.05, 0) is 43.3 Å². The number of ether oxygens (including phenoxy) is 1. The molecule has 32 heavy (non-hydrogen) atoms. The summed E-state index contributed by atoms with van der Waals surface area (Å²) < 4.78 is 7.11. The third-order valence-electron chi connectivity index (χ3n) is 4.94. The summed E-state index contributed by atoms with van der Waals surface area (Å²) in [6, 6.07) is 15.5. The second-order valence-electron chi connectivity index (χ2n) is 7.05. The summed E-state index contributed by atoms with van der Waals surface area (Å²) >= 11 is 0. The van der Waals surface area contributed by atoms with Crippen LogP contribution in [0.15, 0.2) is 64.2 Å². The Labute approximate surface area is 182 Å². The molecule has 0 spiro atoms. The molecule has 3 aromatic rings. The van der Waals surface area contributed by atoms with Crippen molar-refractivity contribution in [3.63, 3.8) is 0 Å². The molecule has 1 aromatic heterocycles. The lowest BCUT2D eigenvalue weighted by molar-refractivity contribution is -0.117. The first kappa shape index (κ1) is 21.0. The number of para-hydroxylation sites is 1. The maximum Gasteiger partial charge on any atom is 0.338 e. The Hall–Kier alpha value is -4.21. The minimum atomic E-state index is -0.864. The Morgan fingerprint density at radius 3 is 2.41 bits per heavy atom. The number of hydrogen-bond acceptors (Lipinski definition) is 7. The van der Waals surface area contributed by atoms with Crippen LogP contribution in [0.5, 0.6) is 0 Å². The Morgan fingerprint density at radius 1 is 1.00 bits per heavy atom. The molecular formula is C22H21N5O5. The highest BCUT2D eigenvalue weighted by Gasteiger charge is 2.26. The number of nitrogens with zero attached hydrogens (tertiary/aromatic N) is 4. The lowest BCUT2D eigenvalue weighted by atomic mass is 10.2. The minimum Gasteiger partial charge on any atom is -0.462 e. The third kappa shape index (κ3) is 4.15. The summed E-state index contributed by atoms with van der Waals surface area (Å²) in [5.41, 5.74) is 0.0359. The van der Waals surface area contributed by atoms with Crippen molar-refractivity contribution in [1.82, 2.24) is 14.3 Å². The van der Waals surface area contributed by atoms with Gasteiger partial charge in [-0.1, -0.05) is 18.2 Å². The van der Waals surface area contributed by atoms with Crippen molar-refractivity contribution in [2.24, 2.45) is 0 Å². The van der Waals surface area contributed by atoms with Crippen LogP contribution in [0.2, 0.25) is 0 Å². The molecule has 164 valence electrons. The SMILES string of the molecule is CCOC(=O)c1ccc(NC(=O)Cn2nc3n(c(=O)c2=O)CCN3c2ccccc2)cc1. The van der Waals surface area contributed by atoms with Gasteiger partial charge in [-0.2, -0.15) is 0 Å². The smallest absolute Gasteiger partial charge is 0.338 e. The molecule has 1 aliphatic heterocycles. The van der Waals surface area contributed by atoms with E-state index in [2.05, 4.69) is 10.4 Å². The van der Waals surface area contributed by atoms with E-state index in [0.717, 1.165) is 10.4 Å². The summed E-state index contributed by atoms with van der Waals surface area (Å²) in [6.45, 7) is 2.39. The van der Waals surface area contributed by atoms with Gasteiger partial charge >= 0.3 is 17.1 Å². The number of amides is 1. The maximum absolute atomic E-state index is 12.5. The molecule has 0 bridgehead atoms.